The van der Waals surface area contributed by atoms with Crippen LogP contribution in [0.4, 0.5) is 0 Å². The molecule has 1 heteroatoms. The van der Waals surface area contributed by atoms with E-state index in [0.29, 0.717) is 5.76 Å². The SMILES string of the molecule is CC1=C(O)C(C2(C)CCCCC2)=CC(C)(C)C1. The highest BCUT2D eigenvalue weighted by Crippen LogP contribution is 2.49. The largest absolute Gasteiger partial charge is 0.508 e. The van der Waals surface area contributed by atoms with E-state index < -0.39 is 0 Å². The van der Waals surface area contributed by atoms with Crippen molar-refractivity contribution in [2.24, 2.45) is 10.8 Å². The van der Waals surface area contributed by atoms with Crippen LogP contribution in [0.3, 0.4) is 0 Å². The highest BCUT2D eigenvalue weighted by molar-refractivity contribution is 5.40. The molecule has 0 atom stereocenters. The summed E-state index contributed by atoms with van der Waals surface area (Å²) < 4.78 is 0. The summed E-state index contributed by atoms with van der Waals surface area (Å²) in [6.45, 7) is 8.96. The predicted molar refractivity (Wildman–Crippen MR) is 73.0 cm³/mol. The van der Waals surface area contributed by atoms with E-state index in [9.17, 15) is 5.11 Å². The Balaban J connectivity index is 2.38. The Morgan fingerprint density at radius 3 is 2.24 bits per heavy atom. The molecule has 0 aromatic heterocycles. The zero-order chi connectivity index (χ0) is 12.7. The van der Waals surface area contributed by atoms with E-state index in [4.69, 9.17) is 0 Å². The molecule has 0 saturated heterocycles. The van der Waals surface area contributed by atoms with Gasteiger partial charge >= 0.3 is 0 Å². The van der Waals surface area contributed by atoms with Crippen molar-refractivity contribution in [1.82, 2.24) is 0 Å². The third-order valence-electron chi connectivity index (χ3n) is 4.52. The molecule has 0 unspecified atom stereocenters. The molecular formula is C16H26O. The average Bonchev–Trinajstić information content (AvgIpc) is 2.24. The Hall–Kier alpha value is -0.720. The van der Waals surface area contributed by atoms with Crippen molar-refractivity contribution in [1.29, 1.82) is 0 Å². The minimum absolute atomic E-state index is 0.200. The van der Waals surface area contributed by atoms with Gasteiger partial charge < -0.3 is 5.11 Å². The first-order valence-corrected chi connectivity index (χ1v) is 6.97. The molecule has 2 aliphatic carbocycles. The third-order valence-corrected chi connectivity index (χ3v) is 4.52. The molecule has 2 rings (SSSR count). The lowest BCUT2D eigenvalue weighted by atomic mass is 9.65. The Kier molecular flexibility index (Phi) is 3.14. The van der Waals surface area contributed by atoms with E-state index in [1.54, 1.807) is 0 Å². The van der Waals surface area contributed by atoms with E-state index in [1.807, 2.05) is 0 Å². The highest BCUT2D eigenvalue weighted by Gasteiger charge is 2.37. The van der Waals surface area contributed by atoms with Gasteiger partial charge in [0.15, 0.2) is 0 Å². The summed E-state index contributed by atoms with van der Waals surface area (Å²) in [5, 5.41) is 10.4. The van der Waals surface area contributed by atoms with Gasteiger partial charge in [-0.15, -0.1) is 0 Å². The molecular weight excluding hydrogens is 208 g/mol. The van der Waals surface area contributed by atoms with Crippen LogP contribution in [-0.4, -0.2) is 5.11 Å². The number of aliphatic hydroxyl groups is 1. The molecule has 0 amide bonds. The van der Waals surface area contributed by atoms with Crippen LogP contribution in [0.5, 0.6) is 0 Å². The van der Waals surface area contributed by atoms with Gasteiger partial charge in [-0.05, 0) is 48.2 Å². The number of hydrogen-bond acceptors (Lipinski definition) is 1. The van der Waals surface area contributed by atoms with Crippen LogP contribution in [0.25, 0.3) is 0 Å². The minimum Gasteiger partial charge on any atom is -0.508 e. The van der Waals surface area contributed by atoms with Crippen molar-refractivity contribution < 1.29 is 5.11 Å². The predicted octanol–water partition coefficient (Wildman–Crippen LogP) is 5.15. The molecule has 0 aromatic rings. The lowest BCUT2D eigenvalue weighted by Gasteiger charge is -2.40. The lowest BCUT2D eigenvalue weighted by Crippen LogP contribution is -2.28. The van der Waals surface area contributed by atoms with E-state index in [1.165, 1.54) is 43.3 Å². The fourth-order valence-corrected chi connectivity index (χ4v) is 3.57. The smallest absolute Gasteiger partial charge is 0.117 e. The van der Waals surface area contributed by atoms with Crippen LogP contribution >= 0.6 is 0 Å². The van der Waals surface area contributed by atoms with Gasteiger partial charge in [-0.3, -0.25) is 0 Å². The maximum absolute atomic E-state index is 10.4. The van der Waals surface area contributed by atoms with E-state index in [2.05, 4.69) is 33.8 Å². The van der Waals surface area contributed by atoms with Gasteiger partial charge in [-0.1, -0.05) is 46.1 Å². The summed E-state index contributed by atoms with van der Waals surface area (Å²) >= 11 is 0. The normalized spacial score (nSPS) is 27.9. The van der Waals surface area contributed by atoms with Crippen LogP contribution < -0.4 is 0 Å². The molecule has 17 heavy (non-hydrogen) atoms. The molecule has 1 nitrogen and oxygen atoms in total. The monoisotopic (exact) mass is 234 g/mol. The van der Waals surface area contributed by atoms with Gasteiger partial charge in [0.2, 0.25) is 0 Å². The molecule has 1 N–H and O–H groups in total. The van der Waals surface area contributed by atoms with Crippen molar-refractivity contribution in [3.05, 3.63) is 23.0 Å². The Labute approximate surface area is 106 Å². The minimum atomic E-state index is 0.200. The van der Waals surface area contributed by atoms with Crippen molar-refractivity contribution in [3.63, 3.8) is 0 Å². The Bertz CT molecular complexity index is 365. The van der Waals surface area contributed by atoms with Crippen molar-refractivity contribution in [3.8, 4) is 0 Å². The first kappa shape index (κ1) is 12.7. The Morgan fingerprint density at radius 2 is 1.65 bits per heavy atom. The first-order valence-electron chi connectivity index (χ1n) is 6.97. The van der Waals surface area contributed by atoms with Crippen LogP contribution in [0, 0.1) is 10.8 Å². The number of aliphatic hydroxyl groups excluding tert-OH is 1. The van der Waals surface area contributed by atoms with Gasteiger partial charge in [0.05, 0.1) is 0 Å². The first-order chi connectivity index (χ1) is 7.84. The number of allylic oxidation sites excluding steroid dienone is 3. The van der Waals surface area contributed by atoms with Gasteiger partial charge in [0, 0.05) is 0 Å². The maximum atomic E-state index is 10.4. The molecule has 1 fully saturated rings. The summed E-state index contributed by atoms with van der Waals surface area (Å²) in [7, 11) is 0. The molecule has 0 radical (unpaired) electrons. The van der Waals surface area contributed by atoms with E-state index >= 15 is 0 Å². The molecule has 96 valence electrons. The summed E-state index contributed by atoms with van der Waals surface area (Å²) in [6.07, 6.45) is 9.74. The van der Waals surface area contributed by atoms with E-state index in [-0.39, 0.29) is 10.8 Å². The summed E-state index contributed by atoms with van der Waals surface area (Å²) in [6, 6.07) is 0. The topological polar surface area (TPSA) is 20.2 Å². The quantitative estimate of drug-likeness (QED) is 0.665. The molecule has 0 aliphatic heterocycles. The van der Waals surface area contributed by atoms with Crippen LogP contribution in [0.1, 0.15) is 66.2 Å². The number of rotatable bonds is 1. The molecule has 0 spiro atoms. The van der Waals surface area contributed by atoms with Gasteiger partial charge in [0.25, 0.3) is 0 Å². The molecule has 0 heterocycles. The summed E-state index contributed by atoms with van der Waals surface area (Å²) in [5.41, 5.74) is 2.80. The fraction of sp³-hybridized carbons (Fsp3) is 0.750. The van der Waals surface area contributed by atoms with E-state index in [0.717, 1.165) is 6.42 Å². The second kappa shape index (κ2) is 4.19. The second-order valence-corrected chi connectivity index (χ2v) is 6.97. The van der Waals surface area contributed by atoms with Crippen LogP contribution in [0.15, 0.2) is 23.0 Å². The maximum Gasteiger partial charge on any atom is 0.117 e. The van der Waals surface area contributed by atoms with Crippen molar-refractivity contribution in [2.45, 2.75) is 66.2 Å². The van der Waals surface area contributed by atoms with Crippen molar-refractivity contribution >= 4 is 0 Å². The summed E-state index contributed by atoms with van der Waals surface area (Å²) in [5.74, 6) is 0.591. The fourth-order valence-electron chi connectivity index (χ4n) is 3.57. The highest BCUT2D eigenvalue weighted by atomic mass is 16.3. The van der Waals surface area contributed by atoms with Crippen LogP contribution in [0.2, 0.25) is 0 Å². The zero-order valence-electron chi connectivity index (χ0n) is 11.8. The van der Waals surface area contributed by atoms with Gasteiger partial charge in [-0.2, -0.15) is 0 Å². The second-order valence-electron chi connectivity index (χ2n) is 6.97. The molecule has 1 saturated carbocycles. The number of hydrogen-bond donors (Lipinski definition) is 1. The molecule has 0 bridgehead atoms. The van der Waals surface area contributed by atoms with Gasteiger partial charge in [0.1, 0.15) is 5.76 Å². The average molecular weight is 234 g/mol. The standard InChI is InChI=1S/C16H26O/c1-12-10-15(2,3)11-13(14(12)17)16(4)8-6-5-7-9-16/h11,17H,5-10H2,1-4H3. The molecule has 0 aromatic carbocycles. The zero-order valence-corrected chi connectivity index (χ0v) is 11.8. The lowest BCUT2D eigenvalue weighted by molar-refractivity contribution is 0.239. The van der Waals surface area contributed by atoms with Crippen LogP contribution in [-0.2, 0) is 0 Å². The summed E-state index contributed by atoms with van der Waals surface area (Å²) in [4.78, 5) is 0. The molecule has 2 aliphatic rings. The third kappa shape index (κ3) is 2.43. The Morgan fingerprint density at radius 1 is 1.06 bits per heavy atom. The van der Waals surface area contributed by atoms with Crippen molar-refractivity contribution in [2.75, 3.05) is 0 Å². The van der Waals surface area contributed by atoms with Gasteiger partial charge in [-0.25, -0.2) is 0 Å².